The molecule has 0 aromatic heterocycles. The van der Waals surface area contributed by atoms with Gasteiger partial charge in [0, 0.05) is 7.11 Å². The third kappa shape index (κ3) is 5.35. The van der Waals surface area contributed by atoms with E-state index in [4.69, 9.17) is 18.9 Å². The Kier molecular flexibility index (Phi) is 7.34. The number of benzene rings is 2. The van der Waals surface area contributed by atoms with E-state index in [1.165, 1.54) is 7.11 Å². The average molecular weight is 374 g/mol. The van der Waals surface area contributed by atoms with E-state index in [9.17, 15) is 10.2 Å². The second-order valence-electron chi connectivity index (χ2n) is 6.52. The SMILES string of the molecule is CO[C@H]1[C@H](O)[C@H](O)O[C@H](COCc2ccccc2)[C@@H]1OCc1ccccc1. The minimum absolute atomic E-state index is 0.206. The molecular formula is C21H26O6. The predicted octanol–water partition coefficient (Wildman–Crippen LogP) is 1.88. The minimum atomic E-state index is -1.35. The number of ether oxygens (including phenoxy) is 4. The summed E-state index contributed by atoms with van der Waals surface area (Å²) in [6.45, 7) is 0.965. The molecule has 0 spiro atoms. The van der Waals surface area contributed by atoms with Crippen molar-refractivity contribution in [2.24, 2.45) is 0 Å². The predicted molar refractivity (Wildman–Crippen MR) is 98.8 cm³/mol. The van der Waals surface area contributed by atoms with Gasteiger partial charge in [-0.25, -0.2) is 0 Å². The second kappa shape index (κ2) is 9.94. The number of aliphatic hydroxyl groups is 2. The molecule has 146 valence electrons. The molecule has 0 unspecified atom stereocenters. The molecule has 6 nitrogen and oxygen atoms in total. The molecule has 0 aliphatic carbocycles. The van der Waals surface area contributed by atoms with Gasteiger partial charge in [0.2, 0.25) is 0 Å². The van der Waals surface area contributed by atoms with Gasteiger partial charge in [-0.05, 0) is 11.1 Å². The normalized spacial score (nSPS) is 28.2. The van der Waals surface area contributed by atoms with Crippen LogP contribution in [0.4, 0.5) is 0 Å². The van der Waals surface area contributed by atoms with E-state index in [0.29, 0.717) is 13.2 Å². The monoisotopic (exact) mass is 374 g/mol. The molecule has 3 rings (SSSR count). The quantitative estimate of drug-likeness (QED) is 0.735. The van der Waals surface area contributed by atoms with Crippen molar-refractivity contribution in [2.45, 2.75) is 43.9 Å². The minimum Gasteiger partial charge on any atom is -0.385 e. The van der Waals surface area contributed by atoms with Gasteiger partial charge in [0.05, 0.1) is 19.8 Å². The lowest BCUT2D eigenvalue weighted by Crippen LogP contribution is -2.60. The standard InChI is InChI=1S/C21H26O6/c1-24-20-18(22)21(23)27-17(14-25-12-15-8-4-2-5-9-15)19(20)26-13-16-10-6-3-7-11-16/h2-11,17-23H,12-14H2,1H3/t17-,18+,19+,20+,21-/m1/s1. The molecule has 1 saturated heterocycles. The molecule has 6 heteroatoms. The van der Waals surface area contributed by atoms with Gasteiger partial charge in [-0.1, -0.05) is 60.7 Å². The molecule has 1 aliphatic heterocycles. The Labute approximate surface area is 159 Å². The van der Waals surface area contributed by atoms with Crippen LogP contribution < -0.4 is 0 Å². The van der Waals surface area contributed by atoms with E-state index in [-0.39, 0.29) is 6.61 Å². The first-order chi connectivity index (χ1) is 13.2. The highest BCUT2D eigenvalue weighted by Gasteiger charge is 2.45. The van der Waals surface area contributed by atoms with Crippen LogP contribution in [0.3, 0.4) is 0 Å². The van der Waals surface area contributed by atoms with Crippen molar-refractivity contribution in [3.63, 3.8) is 0 Å². The maximum atomic E-state index is 10.2. The maximum Gasteiger partial charge on any atom is 0.184 e. The van der Waals surface area contributed by atoms with Crippen molar-refractivity contribution < 1.29 is 29.2 Å². The summed E-state index contributed by atoms with van der Waals surface area (Å²) in [7, 11) is 1.48. The van der Waals surface area contributed by atoms with Gasteiger partial charge in [0.15, 0.2) is 6.29 Å². The summed E-state index contributed by atoms with van der Waals surface area (Å²) in [5.74, 6) is 0. The van der Waals surface area contributed by atoms with Crippen molar-refractivity contribution in [1.29, 1.82) is 0 Å². The zero-order chi connectivity index (χ0) is 19.1. The third-order valence-electron chi connectivity index (χ3n) is 4.58. The summed E-state index contributed by atoms with van der Waals surface area (Å²) in [5, 5.41) is 20.2. The lowest BCUT2D eigenvalue weighted by atomic mass is 9.98. The molecule has 5 atom stereocenters. The summed E-state index contributed by atoms with van der Waals surface area (Å²) < 4.78 is 22.7. The van der Waals surface area contributed by atoms with E-state index < -0.39 is 30.7 Å². The van der Waals surface area contributed by atoms with Gasteiger partial charge in [0.1, 0.15) is 24.4 Å². The van der Waals surface area contributed by atoms with Crippen molar-refractivity contribution in [3.8, 4) is 0 Å². The Bertz CT molecular complexity index is 665. The van der Waals surface area contributed by atoms with Crippen LogP contribution in [0.5, 0.6) is 0 Å². The summed E-state index contributed by atoms with van der Waals surface area (Å²) in [4.78, 5) is 0. The fourth-order valence-electron chi connectivity index (χ4n) is 3.15. The van der Waals surface area contributed by atoms with Crippen molar-refractivity contribution >= 4 is 0 Å². The second-order valence-corrected chi connectivity index (χ2v) is 6.52. The first-order valence-electron chi connectivity index (χ1n) is 9.00. The van der Waals surface area contributed by atoms with E-state index in [2.05, 4.69) is 0 Å². The van der Waals surface area contributed by atoms with Gasteiger partial charge in [-0.2, -0.15) is 0 Å². The number of hydrogen-bond acceptors (Lipinski definition) is 6. The number of aliphatic hydroxyl groups excluding tert-OH is 2. The van der Waals surface area contributed by atoms with E-state index in [1.54, 1.807) is 0 Å². The molecule has 2 aromatic rings. The highest BCUT2D eigenvalue weighted by molar-refractivity contribution is 5.14. The molecule has 0 amide bonds. The molecule has 0 radical (unpaired) electrons. The smallest absolute Gasteiger partial charge is 0.184 e. The zero-order valence-corrected chi connectivity index (χ0v) is 15.3. The van der Waals surface area contributed by atoms with Crippen molar-refractivity contribution in [2.75, 3.05) is 13.7 Å². The molecule has 27 heavy (non-hydrogen) atoms. The number of hydrogen-bond donors (Lipinski definition) is 2. The van der Waals surface area contributed by atoms with Crippen LogP contribution in [-0.4, -0.2) is 54.6 Å². The van der Waals surface area contributed by atoms with Crippen molar-refractivity contribution in [1.82, 2.24) is 0 Å². The van der Waals surface area contributed by atoms with E-state index >= 15 is 0 Å². The zero-order valence-electron chi connectivity index (χ0n) is 15.3. The summed E-state index contributed by atoms with van der Waals surface area (Å²) in [6.07, 6.45) is -4.41. The van der Waals surface area contributed by atoms with E-state index in [1.807, 2.05) is 60.7 Å². The summed E-state index contributed by atoms with van der Waals surface area (Å²) in [6, 6.07) is 19.5. The lowest BCUT2D eigenvalue weighted by molar-refractivity contribution is -0.302. The highest BCUT2D eigenvalue weighted by atomic mass is 16.7. The topological polar surface area (TPSA) is 77.4 Å². The van der Waals surface area contributed by atoms with Crippen molar-refractivity contribution in [3.05, 3.63) is 71.8 Å². The van der Waals surface area contributed by atoms with Crippen LogP contribution in [0.2, 0.25) is 0 Å². The number of rotatable bonds is 8. The number of methoxy groups -OCH3 is 1. The van der Waals surface area contributed by atoms with Gasteiger partial charge in [-0.3, -0.25) is 0 Å². The van der Waals surface area contributed by atoms with Crippen LogP contribution in [0.25, 0.3) is 0 Å². The fraction of sp³-hybridized carbons (Fsp3) is 0.429. The molecule has 1 heterocycles. The summed E-state index contributed by atoms with van der Waals surface area (Å²) >= 11 is 0. The first kappa shape index (κ1) is 19.9. The molecule has 1 aliphatic rings. The fourth-order valence-corrected chi connectivity index (χ4v) is 3.15. The van der Waals surface area contributed by atoms with Gasteiger partial charge < -0.3 is 29.2 Å². The Hall–Kier alpha value is -1.80. The van der Waals surface area contributed by atoms with Crippen LogP contribution in [0.15, 0.2) is 60.7 Å². The van der Waals surface area contributed by atoms with E-state index in [0.717, 1.165) is 11.1 Å². The van der Waals surface area contributed by atoms with Crippen LogP contribution in [-0.2, 0) is 32.2 Å². The largest absolute Gasteiger partial charge is 0.385 e. The molecular weight excluding hydrogens is 348 g/mol. The molecule has 0 bridgehead atoms. The Balaban J connectivity index is 1.63. The van der Waals surface area contributed by atoms with Gasteiger partial charge in [0.25, 0.3) is 0 Å². The van der Waals surface area contributed by atoms with Crippen LogP contribution >= 0.6 is 0 Å². The Morgan fingerprint density at radius 1 is 0.852 bits per heavy atom. The Morgan fingerprint density at radius 3 is 2.04 bits per heavy atom. The Morgan fingerprint density at radius 2 is 1.44 bits per heavy atom. The molecule has 1 fully saturated rings. The third-order valence-corrected chi connectivity index (χ3v) is 4.58. The van der Waals surface area contributed by atoms with Crippen LogP contribution in [0.1, 0.15) is 11.1 Å². The lowest BCUT2D eigenvalue weighted by Gasteiger charge is -2.42. The maximum absolute atomic E-state index is 10.2. The average Bonchev–Trinajstić information content (AvgIpc) is 2.71. The highest BCUT2D eigenvalue weighted by Crippen LogP contribution is 2.26. The molecule has 2 N–H and O–H groups in total. The van der Waals surface area contributed by atoms with Gasteiger partial charge in [-0.15, -0.1) is 0 Å². The first-order valence-corrected chi connectivity index (χ1v) is 9.00. The molecule has 0 saturated carbocycles. The summed E-state index contributed by atoms with van der Waals surface area (Å²) in [5.41, 5.74) is 2.04. The van der Waals surface area contributed by atoms with Gasteiger partial charge >= 0.3 is 0 Å². The van der Waals surface area contributed by atoms with Crippen LogP contribution in [0, 0.1) is 0 Å². The molecule has 2 aromatic carbocycles.